The van der Waals surface area contributed by atoms with Gasteiger partial charge in [0.05, 0.1) is 23.5 Å². The first-order chi connectivity index (χ1) is 6.92. The smallest absolute Gasteiger partial charge is 0.0846 e. The highest BCUT2D eigenvalue weighted by atomic mass is 35.5. The van der Waals surface area contributed by atoms with Gasteiger partial charge in [0, 0.05) is 24.5 Å². The van der Waals surface area contributed by atoms with Crippen LogP contribution in [0.3, 0.4) is 0 Å². The van der Waals surface area contributed by atoms with E-state index in [9.17, 15) is 0 Å². The Kier molecular flexibility index (Phi) is 6.50. The maximum Gasteiger partial charge on any atom is 0.0846 e. The molecule has 0 amide bonds. The molecule has 2 heterocycles. The van der Waals surface area contributed by atoms with Crippen LogP contribution in [0.15, 0.2) is 18.6 Å². The summed E-state index contributed by atoms with van der Waals surface area (Å²) >= 11 is 0. The van der Waals surface area contributed by atoms with Gasteiger partial charge in [0.15, 0.2) is 0 Å². The quantitative estimate of drug-likeness (QED) is 0.762. The zero-order valence-corrected chi connectivity index (χ0v) is 10.1. The molecular formula is C10H12Cl2N4. The molecule has 2 aromatic heterocycles. The van der Waals surface area contributed by atoms with Gasteiger partial charge in [-0.2, -0.15) is 5.10 Å². The van der Waals surface area contributed by atoms with Crippen molar-refractivity contribution in [2.24, 2.45) is 5.73 Å². The third-order valence-electron chi connectivity index (χ3n) is 1.86. The Morgan fingerprint density at radius 1 is 1.25 bits per heavy atom. The minimum atomic E-state index is 0. The predicted octanol–water partition coefficient (Wildman–Crippen LogP) is 1.50. The Morgan fingerprint density at radius 2 is 2.06 bits per heavy atom. The molecule has 0 aliphatic heterocycles. The van der Waals surface area contributed by atoms with Crippen LogP contribution in [0, 0.1) is 11.8 Å². The fourth-order valence-electron chi connectivity index (χ4n) is 1.19. The van der Waals surface area contributed by atoms with Gasteiger partial charge in [-0.15, -0.1) is 24.8 Å². The molecule has 0 aromatic carbocycles. The van der Waals surface area contributed by atoms with Gasteiger partial charge in [-0.3, -0.25) is 10.1 Å². The van der Waals surface area contributed by atoms with Crippen molar-refractivity contribution in [3.8, 4) is 11.8 Å². The number of hydrogen-bond donors (Lipinski definition) is 2. The molecule has 0 fully saturated rings. The second-order valence-electron chi connectivity index (χ2n) is 2.86. The Hall–Kier alpha value is -1.28. The lowest BCUT2D eigenvalue weighted by Gasteiger charge is -1.90. The van der Waals surface area contributed by atoms with Crippen molar-refractivity contribution < 1.29 is 0 Å². The van der Waals surface area contributed by atoms with Crippen LogP contribution in [-0.4, -0.2) is 21.7 Å². The minimum absolute atomic E-state index is 0. The number of hydrogen-bond acceptors (Lipinski definition) is 3. The van der Waals surface area contributed by atoms with Crippen molar-refractivity contribution in [2.75, 3.05) is 6.54 Å². The Morgan fingerprint density at radius 3 is 2.81 bits per heavy atom. The second-order valence-corrected chi connectivity index (χ2v) is 2.86. The van der Waals surface area contributed by atoms with Crippen molar-refractivity contribution in [3.05, 3.63) is 24.2 Å². The van der Waals surface area contributed by atoms with Crippen molar-refractivity contribution in [1.29, 1.82) is 0 Å². The summed E-state index contributed by atoms with van der Waals surface area (Å²) < 4.78 is 0. The van der Waals surface area contributed by atoms with Crippen LogP contribution in [0.5, 0.6) is 0 Å². The molecular weight excluding hydrogens is 247 g/mol. The van der Waals surface area contributed by atoms with Crippen LogP contribution in [0.4, 0.5) is 0 Å². The second kappa shape index (κ2) is 7.07. The number of H-pyrrole nitrogens is 1. The highest BCUT2D eigenvalue weighted by Gasteiger charge is 1.99. The number of nitrogens with two attached hydrogens (primary N) is 1. The molecule has 3 N–H and O–H groups in total. The van der Waals surface area contributed by atoms with Gasteiger partial charge in [0.2, 0.25) is 0 Å². The van der Waals surface area contributed by atoms with Gasteiger partial charge in [-0.05, 0) is 0 Å². The first-order valence-electron chi connectivity index (χ1n) is 4.38. The number of rotatable bonds is 1. The zero-order valence-electron chi connectivity index (χ0n) is 8.43. The largest absolute Gasteiger partial charge is 0.330 e. The lowest BCUT2D eigenvalue weighted by atomic mass is 10.2. The maximum absolute atomic E-state index is 5.35. The standard InChI is InChI=1S/C10H10N4.2ClH/c11-4-2-1-3-8-5-12-7-10-9(8)6-13-14-10;;/h5-7H,2,4,11H2,(H,13,14);2*1H. The first kappa shape index (κ1) is 14.7. The van der Waals surface area contributed by atoms with Crippen molar-refractivity contribution in [2.45, 2.75) is 6.42 Å². The summed E-state index contributed by atoms with van der Waals surface area (Å²) in [5, 5.41) is 7.78. The van der Waals surface area contributed by atoms with Crippen LogP contribution in [0.2, 0.25) is 0 Å². The van der Waals surface area contributed by atoms with Crippen LogP contribution in [0.1, 0.15) is 12.0 Å². The summed E-state index contributed by atoms with van der Waals surface area (Å²) in [4.78, 5) is 4.06. The molecule has 16 heavy (non-hydrogen) atoms. The topological polar surface area (TPSA) is 67.6 Å². The number of nitrogens with zero attached hydrogens (tertiary/aromatic N) is 2. The molecule has 0 bridgehead atoms. The highest BCUT2D eigenvalue weighted by molar-refractivity contribution is 5.85. The predicted molar refractivity (Wildman–Crippen MR) is 68.9 cm³/mol. The molecule has 0 aliphatic rings. The summed E-state index contributed by atoms with van der Waals surface area (Å²) in [6, 6.07) is 0. The molecule has 2 aromatic rings. The van der Waals surface area contributed by atoms with E-state index in [2.05, 4.69) is 27.0 Å². The summed E-state index contributed by atoms with van der Waals surface area (Å²) in [5.41, 5.74) is 7.15. The lowest BCUT2D eigenvalue weighted by Crippen LogP contribution is -1.95. The van der Waals surface area contributed by atoms with Crippen LogP contribution >= 0.6 is 24.8 Å². The SMILES string of the molecule is Cl.Cl.NCCC#Cc1cncc2[nH]ncc12. The van der Waals surface area contributed by atoms with Gasteiger partial charge in [-0.25, -0.2) is 0 Å². The summed E-state index contributed by atoms with van der Waals surface area (Å²) in [7, 11) is 0. The zero-order chi connectivity index (χ0) is 9.80. The average Bonchev–Trinajstić information content (AvgIpc) is 2.67. The van der Waals surface area contributed by atoms with Crippen molar-refractivity contribution >= 4 is 35.7 Å². The lowest BCUT2D eigenvalue weighted by molar-refractivity contribution is 1.03. The van der Waals surface area contributed by atoms with Crippen LogP contribution in [0.25, 0.3) is 10.9 Å². The number of fused-ring (bicyclic) bond motifs is 1. The van der Waals surface area contributed by atoms with E-state index in [1.54, 1.807) is 18.6 Å². The molecule has 0 spiro atoms. The van der Waals surface area contributed by atoms with Crippen molar-refractivity contribution in [3.63, 3.8) is 0 Å². The molecule has 4 nitrogen and oxygen atoms in total. The third-order valence-corrected chi connectivity index (χ3v) is 1.86. The summed E-state index contributed by atoms with van der Waals surface area (Å²) in [6.07, 6.45) is 5.93. The van der Waals surface area contributed by atoms with Gasteiger partial charge < -0.3 is 5.73 Å². The van der Waals surface area contributed by atoms with E-state index >= 15 is 0 Å². The maximum atomic E-state index is 5.35. The normalized spacial score (nSPS) is 8.56. The third kappa shape index (κ3) is 3.11. The molecule has 0 saturated heterocycles. The first-order valence-corrected chi connectivity index (χ1v) is 4.38. The van der Waals surface area contributed by atoms with E-state index in [1.807, 2.05) is 0 Å². The fourth-order valence-corrected chi connectivity index (χ4v) is 1.19. The van der Waals surface area contributed by atoms with Gasteiger partial charge >= 0.3 is 0 Å². The van der Waals surface area contributed by atoms with Crippen LogP contribution in [-0.2, 0) is 0 Å². The van der Waals surface area contributed by atoms with Gasteiger partial charge in [0.25, 0.3) is 0 Å². The number of aromatic nitrogens is 3. The molecule has 0 saturated carbocycles. The van der Waals surface area contributed by atoms with Crippen molar-refractivity contribution in [1.82, 2.24) is 15.2 Å². The monoisotopic (exact) mass is 258 g/mol. The molecule has 0 aliphatic carbocycles. The number of nitrogens with one attached hydrogen (secondary N) is 1. The molecule has 0 unspecified atom stereocenters. The molecule has 0 radical (unpaired) electrons. The number of pyridine rings is 1. The average molecular weight is 259 g/mol. The molecule has 2 rings (SSSR count). The Labute approximate surface area is 106 Å². The van der Waals surface area contributed by atoms with Gasteiger partial charge in [0.1, 0.15) is 0 Å². The highest BCUT2D eigenvalue weighted by Crippen LogP contribution is 2.12. The van der Waals surface area contributed by atoms with Gasteiger partial charge in [-0.1, -0.05) is 11.8 Å². The van der Waals surface area contributed by atoms with Crippen LogP contribution < -0.4 is 5.73 Å². The van der Waals surface area contributed by atoms with E-state index in [-0.39, 0.29) is 24.8 Å². The Balaban J connectivity index is 0.00000112. The van der Waals surface area contributed by atoms with E-state index < -0.39 is 0 Å². The minimum Gasteiger partial charge on any atom is -0.330 e. The number of aromatic amines is 1. The van der Waals surface area contributed by atoms with E-state index in [0.29, 0.717) is 13.0 Å². The fraction of sp³-hybridized carbons (Fsp3) is 0.200. The summed E-state index contributed by atoms with van der Waals surface area (Å²) in [6.45, 7) is 0.585. The van der Waals surface area contributed by atoms with E-state index in [1.165, 1.54) is 0 Å². The molecule has 6 heteroatoms. The molecule has 0 atom stereocenters. The number of halogens is 2. The Bertz CT molecular complexity index is 498. The molecule has 86 valence electrons. The van der Waals surface area contributed by atoms with E-state index in [4.69, 9.17) is 5.73 Å². The van der Waals surface area contributed by atoms with E-state index in [0.717, 1.165) is 16.5 Å². The summed E-state index contributed by atoms with van der Waals surface area (Å²) in [5.74, 6) is 6.00.